The molecule has 5 rings (SSSR count). The van der Waals surface area contributed by atoms with Crippen molar-refractivity contribution < 1.29 is 9.84 Å². The van der Waals surface area contributed by atoms with Gasteiger partial charge in [0.2, 0.25) is 0 Å². The summed E-state index contributed by atoms with van der Waals surface area (Å²) in [5, 5.41) is 15.1. The number of hydrogen-bond donors (Lipinski definition) is 2. The van der Waals surface area contributed by atoms with Crippen LogP contribution in [0, 0.1) is 5.92 Å². The van der Waals surface area contributed by atoms with E-state index in [0.717, 1.165) is 66.5 Å². The SMILES string of the molecule is CC1(Nc2ccc(Cl)cc2)CCN(CC/C=C2/c3cc(C(C)(C)O)ccc3OCC3N=CC=CC23)CC1. The molecule has 5 nitrogen and oxygen atoms in total. The minimum atomic E-state index is -0.910. The molecular formula is C31H38ClN3O2. The van der Waals surface area contributed by atoms with Crippen LogP contribution in [0.25, 0.3) is 5.57 Å². The van der Waals surface area contributed by atoms with Gasteiger partial charge in [-0.2, -0.15) is 0 Å². The lowest BCUT2D eigenvalue weighted by atomic mass is 9.84. The smallest absolute Gasteiger partial charge is 0.126 e. The van der Waals surface area contributed by atoms with Gasteiger partial charge in [-0.25, -0.2) is 0 Å². The number of benzene rings is 2. The maximum atomic E-state index is 10.7. The van der Waals surface area contributed by atoms with Crippen molar-refractivity contribution in [1.29, 1.82) is 0 Å². The molecule has 0 aliphatic carbocycles. The molecule has 0 amide bonds. The first-order valence-electron chi connectivity index (χ1n) is 13.4. The Morgan fingerprint density at radius 2 is 1.95 bits per heavy atom. The van der Waals surface area contributed by atoms with Crippen molar-refractivity contribution in [3.8, 4) is 5.75 Å². The number of dihydropyridines is 1. The van der Waals surface area contributed by atoms with Gasteiger partial charge in [-0.1, -0.05) is 29.8 Å². The number of hydrogen-bond acceptors (Lipinski definition) is 5. The molecule has 2 aromatic rings. The Kier molecular flexibility index (Phi) is 7.49. The molecule has 6 heteroatoms. The fraction of sp³-hybridized carbons (Fsp3) is 0.452. The standard InChI is InChI=1S/C31H38ClN3O2/c1-30(2,36)22-8-13-29-27(20-22)25(26-6-4-16-33-28(26)21-37-29)7-5-17-35-18-14-31(3,15-19-35)34-24-11-9-23(32)10-12-24/h4,6-13,16,20,26,28,34,36H,5,14-15,17-19,21H2,1-3H3/b25-7+. The van der Waals surface area contributed by atoms with E-state index in [1.807, 2.05) is 50.4 Å². The van der Waals surface area contributed by atoms with E-state index in [-0.39, 0.29) is 17.5 Å². The minimum absolute atomic E-state index is 0.0730. The molecule has 0 bridgehead atoms. The molecule has 1 fully saturated rings. The van der Waals surface area contributed by atoms with Gasteiger partial charge in [0.25, 0.3) is 0 Å². The second-order valence-corrected chi connectivity index (χ2v) is 11.8. The second kappa shape index (κ2) is 10.6. The van der Waals surface area contributed by atoms with Gasteiger partial charge in [-0.15, -0.1) is 0 Å². The van der Waals surface area contributed by atoms with E-state index in [0.29, 0.717) is 6.61 Å². The molecule has 3 aliphatic heterocycles. The first-order valence-corrected chi connectivity index (χ1v) is 13.7. The van der Waals surface area contributed by atoms with Gasteiger partial charge in [-0.05, 0) is 93.6 Å². The average molecular weight is 520 g/mol. The average Bonchev–Trinajstić information content (AvgIpc) is 3.03. The van der Waals surface area contributed by atoms with E-state index in [2.05, 4.69) is 47.5 Å². The Bertz CT molecular complexity index is 1190. The Labute approximate surface area is 225 Å². The van der Waals surface area contributed by atoms with Gasteiger partial charge in [0.05, 0.1) is 11.6 Å². The van der Waals surface area contributed by atoms with E-state index in [4.69, 9.17) is 21.3 Å². The van der Waals surface area contributed by atoms with Crippen LogP contribution in [-0.4, -0.2) is 54.0 Å². The molecule has 2 unspecified atom stereocenters. The Hall–Kier alpha value is -2.60. The molecule has 2 N–H and O–H groups in total. The number of halogens is 1. The van der Waals surface area contributed by atoms with Crippen LogP contribution in [0.1, 0.15) is 51.2 Å². The zero-order valence-electron chi connectivity index (χ0n) is 22.1. The minimum Gasteiger partial charge on any atom is -0.491 e. The summed E-state index contributed by atoms with van der Waals surface area (Å²) in [6, 6.07) is 14.1. The lowest BCUT2D eigenvalue weighted by Gasteiger charge is -2.40. The fourth-order valence-corrected chi connectivity index (χ4v) is 5.68. The van der Waals surface area contributed by atoms with E-state index < -0.39 is 5.60 Å². The Balaban J connectivity index is 1.28. The zero-order chi connectivity index (χ0) is 26.0. The monoisotopic (exact) mass is 519 g/mol. The number of rotatable bonds is 6. The number of allylic oxidation sites excluding steroid dienone is 1. The Morgan fingerprint density at radius 1 is 1.19 bits per heavy atom. The number of anilines is 1. The van der Waals surface area contributed by atoms with Gasteiger partial charge >= 0.3 is 0 Å². The number of piperidine rings is 1. The lowest BCUT2D eigenvalue weighted by Crippen LogP contribution is -2.47. The molecule has 0 saturated carbocycles. The van der Waals surface area contributed by atoms with Crippen molar-refractivity contribution in [2.24, 2.45) is 10.9 Å². The van der Waals surface area contributed by atoms with Gasteiger partial charge in [-0.3, -0.25) is 4.99 Å². The van der Waals surface area contributed by atoms with Crippen molar-refractivity contribution in [1.82, 2.24) is 4.90 Å². The zero-order valence-corrected chi connectivity index (χ0v) is 22.8. The van der Waals surface area contributed by atoms with Crippen molar-refractivity contribution in [3.05, 3.63) is 76.8 Å². The summed E-state index contributed by atoms with van der Waals surface area (Å²) in [5.74, 6) is 1.05. The number of nitrogens with zero attached hydrogens (tertiary/aromatic N) is 2. The highest BCUT2D eigenvalue weighted by Crippen LogP contribution is 2.41. The summed E-state index contributed by atoms with van der Waals surface area (Å²) in [5.41, 5.74) is 3.53. The lowest BCUT2D eigenvalue weighted by molar-refractivity contribution is 0.0785. The summed E-state index contributed by atoms with van der Waals surface area (Å²) >= 11 is 6.05. The van der Waals surface area contributed by atoms with Crippen LogP contribution in [0.2, 0.25) is 5.02 Å². The molecule has 3 aliphatic rings. The summed E-state index contributed by atoms with van der Waals surface area (Å²) in [4.78, 5) is 7.28. The quantitative estimate of drug-likeness (QED) is 0.468. The van der Waals surface area contributed by atoms with Crippen LogP contribution < -0.4 is 10.1 Å². The number of nitrogens with one attached hydrogen (secondary N) is 1. The molecule has 0 radical (unpaired) electrons. The van der Waals surface area contributed by atoms with E-state index >= 15 is 0 Å². The molecule has 0 spiro atoms. The first-order chi connectivity index (χ1) is 17.7. The maximum absolute atomic E-state index is 10.7. The molecule has 1 saturated heterocycles. The van der Waals surface area contributed by atoms with E-state index in [9.17, 15) is 5.11 Å². The molecule has 2 aromatic carbocycles. The third kappa shape index (κ3) is 6.11. The van der Waals surface area contributed by atoms with Gasteiger partial charge < -0.3 is 20.1 Å². The third-order valence-corrected chi connectivity index (χ3v) is 8.17. The van der Waals surface area contributed by atoms with Crippen LogP contribution in [-0.2, 0) is 5.60 Å². The van der Waals surface area contributed by atoms with Crippen LogP contribution >= 0.6 is 11.6 Å². The fourth-order valence-electron chi connectivity index (χ4n) is 5.55. The number of aliphatic hydroxyl groups is 1. The number of likely N-dealkylation sites (tertiary alicyclic amines) is 1. The largest absolute Gasteiger partial charge is 0.491 e. The topological polar surface area (TPSA) is 57.1 Å². The number of ether oxygens (including phenoxy) is 1. The summed E-state index contributed by atoms with van der Waals surface area (Å²) in [7, 11) is 0. The van der Waals surface area contributed by atoms with Crippen molar-refractivity contribution >= 4 is 29.1 Å². The summed E-state index contributed by atoms with van der Waals surface area (Å²) < 4.78 is 6.20. The van der Waals surface area contributed by atoms with Gasteiger partial charge in [0.1, 0.15) is 12.4 Å². The normalized spacial score (nSPS) is 24.2. The van der Waals surface area contributed by atoms with Gasteiger partial charge in [0.15, 0.2) is 0 Å². The van der Waals surface area contributed by atoms with Crippen LogP contribution in [0.15, 0.2) is 65.7 Å². The molecule has 0 aromatic heterocycles. The van der Waals surface area contributed by atoms with Crippen LogP contribution in [0.4, 0.5) is 5.69 Å². The Morgan fingerprint density at radius 3 is 2.68 bits per heavy atom. The number of fused-ring (bicyclic) bond motifs is 2. The third-order valence-electron chi connectivity index (χ3n) is 7.92. The van der Waals surface area contributed by atoms with E-state index in [1.165, 1.54) is 5.57 Å². The highest BCUT2D eigenvalue weighted by molar-refractivity contribution is 6.30. The predicted molar refractivity (Wildman–Crippen MR) is 154 cm³/mol. The highest BCUT2D eigenvalue weighted by Gasteiger charge is 2.32. The predicted octanol–water partition coefficient (Wildman–Crippen LogP) is 6.33. The molecule has 196 valence electrons. The maximum Gasteiger partial charge on any atom is 0.126 e. The van der Waals surface area contributed by atoms with Crippen molar-refractivity contribution in [2.45, 2.75) is 57.2 Å². The molecular weight excluding hydrogens is 482 g/mol. The van der Waals surface area contributed by atoms with E-state index in [1.54, 1.807) is 0 Å². The van der Waals surface area contributed by atoms with Crippen molar-refractivity contribution in [2.75, 3.05) is 31.6 Å². The highest BCUT2D eigenvalue weighted by atomic mass is 35.5. The number of aliphatic imine (C=N–C) groups is 1. The second-order valence-electron chi connectivity index (χ2n) is 11.3. The summed E-state index contributed by atoms with van der Waals surface area (Å²) in [6.07, 6.45) is 11.7. The molecule has 37 heavy (non-hydrogen) atoms. The van der Waals surface area contributed by atoms with Gasteiger partial charge in [0, 0.05) is 53.6 Å². The van der Waals surface area contributed by atoms with Crippen LogP contribution in [0.3, 0.4) is 0 Å². The molecule has 2 atom stereocenters. The molecule has 3 heterocycles. The van der Waals surface area contributed by atoms with Crippen LogP contribution in [0.5, 0.6) is 5.75 Å². The first kappa shape index (κ1) is 26.0. The van der Waals surface area contributed by atoms with Crippen molar-refractivity contribution in [3.63, 3.8) is 0 Å². The summed E-state index contributed by atoms with van der Waals surface area (Å²) in [6.45, 7) is 9.69.